The van der Waals surface area contributed by atoms with Crippen LogP contribution in [0.2, 0.25) is 0 Å². The van der Waals surface area contributed by atoms with E-state index in [1.54, 1.807) is 18.8 Å². The number of benzene rings is 1. The molecule has 22 atom stereocenters. The topological polar surface area (TPSA) is 94.7 Å². The van der Waals surface area contributed by atoms with Gasteiger partial charge in [0.05, 0.1) is 45.4 Å². The lowest BCUT2D eigenvalue weighted by Crippen LogP contribution is -2.43. The predicted octanol–water partition coefficient (Wildman–Crippen LogP) is 17.7. The van der Waals surface area contributed by atoms with Crippen molar-refractivity contribution in [2.24, 2.45) is 136 Å². The molecule has 22 unspecified atom stereocenters. The van der Waals surface area contributed by atoms with Crippen molar-refractivity contribution >= 4 is 23.9 Å². The third kappa shape index (κ3) is 16.8. The molecule has 2 saturated heterocycles. The van der Waals surface area contributed by atoms with Crippen LogP contribution in [0.25, 0.3) is 6.08 Å². The highest BCUT2D eigenvalue weighted by Crippen LogP contribution is 2.53. The number of rotatable bonds is 18. The first-order valence-corrected chi connectivity index (χ1v) is 36.7. The van der Waals surface area contributed by atoms with Gasteiger partial charge in [-0.2, -0.15) is 0 Å². The number of epoxide rings is 1. The van der Waals surface area contributed by atoms with Gasteiger partial charge in [0.1, 0.15) is 0 Å². The van der Waals surface area contributed by atoms with Crippen LogP contribution >= 0.6 is 0 Å². The van der Waals surface area contributed by atoms with Gasteiger partial charge in [-0.15, -0.1) is 6.58 Å². The van der Waals surface area contributed by atoms with Crippen LogP contribution in [0.4, 0.5) is 0 Å². The molecule has 0 radical (unpaired) electrons. The molecule has 8 nitrogen and oxygen atoms in total. The molecular weight excluding hydrogens is 1120 g/mol. The lowest BCUT2D eigenvalue weighted by molar-refractivity contribution is -0.139. The molecule has 0 N–H and O–H groups in total. The largest absolute Gasteiger partial charge is 0.502 e. The van der Waals surface area contributed by atoms with E-state index in [2.05, 4.69) is 111 Å². The summed E-state index contributed by atoms with van der Waals surface area (Å²) in [5, 5.41) is 0. The van der Waals surface area contributed by atoms with Crippen molar-refractivity contribution in [1.82, 2.24) is 4.90 Å². The van der Waals surface area contributed by atoms with E-state index in [-0.39, 0.29) is 17.8 Å². The van der Waals surface area contributed by atoms with Crippen molar-refractivity contribution < 1.29 is 33.3 Å². The number of nitrogens with zero attached hydrogens (tertiary/aromatic N) is 1. The second-order valence-corrected chi connectivity index (χ2v) is 31.7. The third-order valence-corrected chi connectivity index (χ3v) is 25.3. The molecule has 488 valence electrons. The molecule has 3 heterocycles. The Morgan fingerprint density at radius 1 is 0.549 bits per heavy atom. The molecular formula is C83H109NO7. The van der Waals surface area contributed by atoms with Crippen LogP contribution in [0.15, 0.2) is 159 Å². The van der Waals surface area contributed by atoms with E-state index in [1.165, 1.54) is 145 Å². The Hall–Kier alpha value is -5.31. The molecule has 8 heteroatoms. The van der Waals surface area contributed by atoms with E-state index < -0.39 is 0 Å². The number of hydrogen-bond acceptors (Lipinski definition) is 7. The zero-order chi connectivity index (χ0) is 62.3. The number of ether oxygens (including phenoxy) is 4. The van der Waals surface area contributed by atoms with Crippen LogP contribution in [0.3, 0.4) is 0 Å². The minimum absolute atomic E-state index is 0.147. The van der Waals surface area contributed by atoms with Crippen LogP contribution in [0.5, 0.6) is 0 Å². The molecule has 0 aromatic heterocycles. The van der Waals surface area contributed by atoms with Gasteiger partial charge in [-0.3, -0.25) is 14.5 Å². The molecule has 10 fully saturated rings. The fourth-order valence-electron chi connectivity index (χ4n) is 19.9. The second-order valence-electron chi connectivity index (χ2n) is 31.7. The van der Waals surface area contributed by atoms with Gasteiger partial charge in [0.15, 0.2) is 0 Å². The summed E-state index contributed by atoms with van der Waals surface area (Å²) in [5.74, 6) is 18.2. The number of esters is 1. The fourth-order valence-corrected chi connectivity index (χ4v) is 19.9. The summed E-state index contributed by atoms with van der Waals surface area (Å²) >= 11 is 0. The zero-order valence-electron chi connectivity index (χ0n) is 55.0. The lowest BCUT2D eigenvalue weighted by atomic mass is 9.72. The summed E-state index contributed by atoms with van der Waals surface area (Å²) in [6.45, 7) is 14.8. The minimum Gasteiger partial charge on any atom is -0.502 e. The van der Waals surface area contributed by atoms with Crippen LogP contribution < -0.4 is 0 Å². The SMILES string of the molecule is C1=CC2CC1CC2CC1CC1.C1=CC2CC1CC2CC1CO1.C=CCC1CC2C=CC1C2.C=COCC1CC2C=CC1C2.CCC1(CC2CC3C=CC2C3)COC1.O=C(/C=C/c1ccccc1)OCC1CC2C=CC1C2.O=C1C=CC(=O)N1CC1CC2C=CC1C2. The summed E-state index contributed by atoms with van der Waals surface area (Å²) in [6, 6.07) is 9.78. The predicted molar refractivity (Wildman–Crippen MR) is 365 cm³/mol. The fraction of sp³-hybridized carbons (Fsp3) is 0.627. The van der Waals surface area contributed by atoms with Gasteiger partial charge in [-0.25, -0.2) is 4.79 Å². The average Bonchev–Trinajstić information content (AvgIpc) is 2.14. The standard InChI is InChI=1S/C17H18O2.C13H20O.C12H13NO2.C11H16.2C10H14O.C10H14/c18-17(9-7-13-4-2-1-3-5-13)19-12-16-11-14-6-8-15(16)10-14;1-2-13(8-14-9-13)7-12-6-10-3-4-11(12)5-10;14-11-3-4-12(15)13(11)7-10-6-8-1-2-9(10)5-8;1-2-8(1)5-11-7-9-3-4-10(11)6-9;1-2-8-3-7(1)4-9(8)5-10-6-11-10;1-2-11-7-10-6-8-3-4-9(10)5-8;1-2-3-9-6-8-4-5-10(9)7-8/h1-9,14-16H,10-12H2;3-4,10-12H,2,5-9H2,1H3;1-4,8-10H,5-7H2;3-4,8-11H,1-2,5-7H2;1-2,7-10H,3-6H2;2-4,8-10H,1,5-7H2;2,4-5,8-10H,1,3,6-7H2/b9-7+;;;;;;. The summed E-state index contributed by atoms with van der Waals surface area (Å²) < 4.78 is 21.2. The first-order valence-electron chi connectivity index (χ1n) is 36.7. The molecule has 18 aliphatic rings. The second kappa shape index (κ2) is 30.0. The highest BCUT2D eigenvalue weighted by atomic mass is 16.6. The van der Waals surface area contributed by atoms with Gasteiger partial charge in [-0.1, -0.05) is 148 Å². The Labute approximate surface area is 547 Å². The van der Waals surface area contributed by atoms with Crippen LogP contribution in [-0.2, 0) is 33.3 Å². The number of carbonyl (C=O) groups excluding carboxylic acids is 3. The summed E-state index contributed by atoms with van der Waals surface area (Å²) in [7, 11) is 0. The molecule has 19 rings (SSSR count). The third-order valence-electron chi connectivity index (χ3n) is 25.3. The van der Waals surface area contributed by atoms with Crippen molar-refractivity contribution in [2.75, 3.05) is 39.6 Å². The van der Waals surface area contributed by atoms with Crippen molar-refractivity contribution in [1.29, 1.82) is 0 Å². The van der Waals surface area contributed by atoms with Crippen LogP contribution in [0, 0.1) is 136 Å². The van der Waals surface area contributed by atoms with E-state index >= 15 is 0 Å². The summed E-state index contributed by atoms with van der Waals surface area (Å²) in [4.78, 5) is 35.8. The molecule has 0 spiro atoms. The Morgan fingerprint density at radius 3 is 1.38 bits per heavy atom. The monoisotopic (exact) mass is 1230 g/mol. The van der Waals surface area contributed by atoms with Gasteiger partial charge < -0.3 is 18.9 Å². The van der Waals surface area contributed by atoms with Crippen molar-refractivity contribution in [3.05, 3.63) is 165 Å². The first-order chi connectivity index (χ1) is 44.5. The van der Waals surface area contributed by atoms with E-state index in [9.17, 15) is 14.4 Å². The number of hydrogen-bond donors (Lipinski definition) is 0. The molecule has 14 bridgehead atoms. The van der Waals surface area contributed by atoms with E-state index in [0.29, 0.717) is 54.3 Å². The molecule has 2 amide bonds. The van der Waals surface area contributed by atoms with E-state index in [1.807, 2.05) is 30.3 Å². The van der Waals surface area contributed by atoms with Crippen molar-refractivity contribution in [3.8, 4) is 0 Å². The van der Waals surface area contributed by atoms with Crippen LogP contribution in [-0.4, -0.2) is 68.4 Å². The molecule has 1 aromatic rings. The highest BCUT2D eigenvalue weighted by Gasteiger charge is 2.46. The number of carbonyl (C=O) groups is 3. The quantitative estimate of drug-likeness (QED) is 0.0361. The molecule has 1 aromatic carbocycles. The van der Waals surface area contributed by atoms with Gasteiger partial charge in [0.25, 0.3) is 11.8 Å². The minimum atomic E-state index is -0.240. The smallest absolute Gasteiger partial charge is 0.330 e. The number of fused-ring (bicyclic) bond motifs is 14. The Balaban J connectivity index is 0.0000000981. The summed E-state index contributed by atoms with van der Waals surface area (Å²) in [6.07, 6.45) is 72.7. The molecule has 3 aliphatic heterocycles. The molecule has 15 aliphatic carbocycles. The maximum absolute atomic E-state index is 11.7. The Kier molecular flexibility index (Phi) is 21.2. The molecule has 8 saturated carbocycles. The number of amides is 2. The lowest BCUT2D eigenvalue weighted by Gasteiger charge is -2.43. The zero-order valence-corrected chi connectivity index (χ0v) is 55.0. The average molecular weight is 1230 g/mol. The van der Waals surface area contributed by atoms with Gasteiger partial charge in [0, 0.05) is 30.2 Å². The number of allylic oxidation sites excluding steroid dienone is 15. The van der Waals surface area contributed by atoms with E-state index in [4.69, 9.17) is 18.9 Å². The normalized spacial score (nSPS) is 40.0. The molecule has 91 heavy (non-hydrogen) atoms. The Morgan fingerprint density at radius 2 is 0.989 bits per heavy atom. The summed E-state index contributed by atoms with van der Waals surface area (Å²) in [5.41, 5.74) is 1.59. The maximum atomic E-state index is 11.7. The Bertz CT molecular complexity index is 2880. The van der Waals surface area contributed by atoms with Gasteiger partial charge in [0.2, 0.25) is 0 Å². The highest BCUT2D eigenvalue weighted by molar-refractivity contribution is 6.12. The first kappa shape index (κ1) is 64.4. The van der Waals surface area contributed by atoms with Crippen molar-refractivity contribution in [3.63, 3.8) is 0 Å². The van der Waals surface area contributed by atoms with Crippen LogP contribution in [0.1, 0.15) is 147 Å². The van der Waals surface area contributed by atoms with Gasteiger partial charge >= 0.3 is 5.97 Å². The van der Waals surface area contributed by atoms with E-state index in [0.717, 1.165) is 139 Å². The maximum Gasteiger partial charge on any atom is 0.330 e. The number of imide groups is 1. The van der Waals surface area contributed by atoms with Gasteiger partial charge in [-0.05, 0) is 264 Å². The van der Waals surface area contributed by atoms with Crippen molar-refractivity contribution in [2.45, 2.75) is 148 Å².